The van der Waals surface area contributed by atoms with Crippen LogP contribution >= 0.6 is 11.3 Å². The van der Waals surface area contributed by atoms with Crippen molar-refractivity contribution in [3.05, 3.63) is 57.0 Å². The van der Waals surface area contributed by atoms with Gasteiger partial charge in [0.05, 0.1) is 19.3 Å². The maximum Gasteiger partial charge on any atom is 0.220 e. The molecule has 0 spiro atoms. The Balaban J connectivity index is 1.56. The average Bonchev–Trinajstić information content (AvgIpc) is 3.06. The second-order valence-electron chi connectivity index (χ2n) is 7.27. The van der Waals surface area contributed by atoms with Crippen molar-refractivity contribution in [3.8, 4) is 0 Å². The molecule has 1 saturated heterocycles. The van der Waals surface area contributed by atoms with Gasteiger partial charge in [-0.05, 0) is 37.6 Å². The van der Waals surface area contributed by atoms with E-state index in [9.17, 15) is 14.0 Å². The van der Waals surface area contributed by atoms with Gasteiger partial charge in [-0.15, -0.1) is 11.3 Å². The second kappa shape index (κ2) is 10.1. The molecule has 156 valence electrons. The highest BCUT2D eigenvalue weighted by Gasteiger charge is 2.23. The number of hydrogen-bond donors (Lipinski definition) is 1. The molecule has 7 heteroatoms. The number of carbonyl (C=O) groups is 2. The molecule has 0 saturated carbocycles. The summed E-state index contributed by atoms with van der Waals surface area (Å²) in [4.78, 5) is 29.1. The van der Waals surface area contributed by atoms with Crippen molar-refractivity contribution in [2.24, 2.45) is 0 Å². The van der Waals surface area contributed by atoms with Gasteiger partial charge in [0.2, 0.25) is 5.91 Å². The molecule has 2 aromatic rings. The molecule has 2 heterocycles. The number of ether oxygens (including phenoxy) is 1. The van der Waals surface area contributed by atoms with E-state index >= 15 is 0 Å². The number of halogens is 1. The van der Waals surface area contributed by atoms with E-state index in [1.807, 2.05) is 19.9 Å². The number of hydrogen-bond acceptors (Lipinski definition) is 5. The summed E-state index contributed by atoms with van der Waals surface area (Å²) < 4.78 is 18.7. The van der Waals surface area contributed by atoms with E-state index in [-0.39, 0.29) is 36.4 Å². The number of morpholine rings is 1. The van der Waals surface area contributed by atoms with Crippen molar-refractivity contribution < 1.29 is 18.7 Å². The molecule has 0 unspecified atom stereocenters. The summed E-state index contributed by atoms with van der Waals surface area (Å²) >= 11 is 1.60. The smallest absolute Gasteiger partial charge is 0.220 e. The van der Waals surface area contributed by atoms with Crippen LogP contribution in [0.5, 0.6) is 0 Å². The number of rotatable bonds is 8. The number of nitrogens with zero attached hydrogens (tertiary/aromatic N) is 1. The molecular weight excluding hydrogens is 391 g/mol. The molecule has 29 heavy (non-hydrogen) atoms. The number of ketones is 1. The fraction of sp³-hybridized carbons (Fsp3) is 0.455. The first-order valence-corrected chi connectivity index (χ1v) is 10.7. The molecule has 1 aromatic heterocycles. The SMILES string of the molecule is Cc1cc(C(=O)CCC(=O)NC[C@H](c2ccc(F)cc2)N2CCOCC2)c(C)s1. The topological polar surface area (TPSA) is 58.6 Å². The quantitative estimate of drug-likeness (QED) is 0.665. The monoisotopic (exact) mass is 418 g/mol. The van der Waals surface area contributed by atoms with Crippen LogP contribution in [0.2, 0.25) is 0 Å². The Morgan fingerprint density at radius 2 is 1.86 bits per heavy atom. The van der Waals surface area contributed by atoms with E-state index < -0.39 is 0 Å². The maximum atomic E-state index is 13.3. The molecule has 1 N–H and O–H groups in total. The van der Waals surface area contributed by atoms with E-state index in [1.165, 1.54) is 12.1 Å². The number of aryl methyl sites for hydroxylation is 2. The third-order valence-electron chi connectivity index (χ3n) is 5.15. The first-order chi connectivity index (χ1) is 13.9. The van der Waals surface area contributed by atoms with Gasteiger partial charge in [0.1, 0.15) is 5.82 Å². The van der Waals surface area contributed by atoms with Crippen molar-refractivity contribution in [3.63, 3.8) is 0 Å². The van der Waals surface area contributed by atoms with Crippen molar-refractivity contribution in [2.75, 3.05) is 32.8 Å². The summed E-state index contributed by atoms with van der Waals surface area (Å²) in [6.07, 6.45) is 0.355. The fourth-order valence-corrected chi connectivity index (χ4v) is 4.54. The van der Waals surface area contributed by atoms with Crippen molar-refractivity contribution >= 4 is 23.0 Å². The molecule has 5 nitrogen and oxygen atoms in total. The molecule has 1 fully saturated rings. The predicted octanol–water partition coefficient (Wildman–Crippen LogP) is 3.66. The van der Waals surface area contributed by atoms with Gasteiger partial charge >= 0.3 is 0 Å². The van der Waals surface area contributed by atoms with Gasteiger partial charge in [0, 0.05) is 47.8 Å². The first-order valence-electron chi connectivity index (χ1n) is 9.88. The predicted molar refractivity (Wildman–Crippen MR) is 112 cm³/mol. The highest BCUT2D eigenvalue weighted by Crippen LogP contribution is 2.23. The van der Waals surface area contributed by atoms with E-state index in [2.05, 4.69) is 10.2 Å². The van der Waals surface area contributed by atoms with Crippen LogP contribution < -0.4 is 5.32 Å². The van der Waals surface area contributed by atoms with Gasteiger partial charge in [-0.2, -0.15) is 0 Å². The van der Waals surface area contributed by atoms with Crippen LogP contribution in [0.15, 0.2) is 30.3 Å². The minimum absolute atomic E-state index is 0.00487. The third-order valence-corrected chi connectivity index (χ3v) is 6.12. The summed E-state index contributed by atoms with van der Waals surface area (Å²) in [7, 11) is 0. The lowest BCUT2D eigenvalue weighted by Crippen LogP contribution is -2.43. The minimum atomic E-state index is -0.281. The number of thiophene rings is 1. The molecule has 1 aliphatic heterocycles. The Morgan fingerprint density at radius 1 is 1.17 bits per heavy atom. The van der Waals surface area contributed by atoms with Crippen LogP contribution in [0.1, 0.15) is 44.6 Å². The minimum Gasteiger partial charge on any atom is -0.379 e. The van der Waals surface area contributed by atoms with Gasteiger partial charge in [-0.3, -0.25) is 14.5 Å². The maximum absolute atomic E-state index is 13.3. The number of amides is 1. The van der Waals surface area contributed by atoms with Gasteiger partial charge < -0.3 is 10.1 Å². The summed E-state index contributed by atoms with van der Waals surface area (Å²) in [5, 5.41) is 2.96. The van der Waals surface area contributed by atoms with E-state index in [1.54, 1.807) is 23.5 Å². The van der Waals surface area contributed by atoms with Crippen molar-refractivity contribution in [1.29, 1.82) is 0 Å². The Labute approximate surface area is 174 Å². The molecule has 0 radical (unpaired) electrons. The molecule has 0 bridgehead atoms. The molecule has 1 aliphatic rings. The number of nitrogens with one attached hydrogen (secondary N) is 1. The van der Waals surface area contributed by atoms with E-state index in [4.69, 9.17) is 4.74 Å². The largest absolute Gasteiger partial charge is 0.379 e. The molecule has 1 aromatic carbocycles. The molecule has 3 rings (SSSR count). The molecule has 1 atom stereocenters. The summed E-state index contributed by atoms with van der Waals surface area (Å²) in [6, 6.07) is 8.23. The highest BCUT2D eigenvalue weighted by molar-refractivity contribution is 7.12. The van der Waals surface area contributed by atoms with Gasteiger partial charge in [-0.1, -0.05) is 12.1 Å². The lowest BCUT2D eigenvalue weighted by molar-refractivity contribution is -0.121. The highest BCUT2D eigenvalue weighted by atomic mass is 32.1. The first kappa shape index (κ1) is 21.6. The Bertz CT molecular complexity index is 844. The van der Waals surface area contributed by atoms with Crippen LogP contribution in [0.4, 0.5) is 4.39 Å². The Kier molecular flexibility index (Phi) is 7.52. The van der Waals surface area contributed by atoms with Gasteiger partial charge in [-0.25, -0.2) is 4.39 Å². The van der Waals surface area contributed by atoms with Crippen LogP contribution in [-0.2, 0) is 9.53 Å². The summed E-state index contributed by atoms with van der Waals surface area (Å²) in [5.74, 6) is -0.426. The van der Waals surface area contributed by atoms with Crippen LogP contribution in [0.25, 0.3) is 0 Å². The summed E-state index contributed by atoms with van der Waals surface area (Å²) in [5.41, 5.74) is 1.67. The fourth-order valence-electron chi connectivity index (χ4n) is 3.60. The summed E-state index contributed by atoms with van der Waals surface area (Å²) in [6.45, 7) is 7.11. The standard InChI is InChI=1S/C22H27FN2O3S/c1-15-13-19(16(2)29-15)21(26)7-8-22(27)24-14-20(25-9-11-28-12-10-25)17-3-5-18(23)6-4-17/h3-6,13,20H,7-12,14H2,1-2H3,(H,24,27)/t20-/m1/s1. The van der Waals surface area contributed by atoms with Gasteiger partial charge in [0.15, 0.2) is 5.78 Å². The van der Waals surface area contributed by atoms with Crippen LogP contribution in [0, 0.1) is 19.7 Å². The number of Topliss-reactive ketones (excluding diaryl/α,β-unsaturated/α-hetero) is 1. The van der Waals surface area contributed by atoms with Crippen LogP contribution in [-0.4, -0.2) is 49.4 Å². The van der Waals surface area contributed by atoms with E-state index in [0.717, 1.165) is 34.0 Å². The van der Waals surface area contributed by atoms with Gasteiger partial charge in [0.25, 0.3) is 0 Å². The van der Waals surface area contributed by atoms with E-state index in [0.29, 0.717) is 19.8 Å². The average molecular weight is 419 g/mol. The molecule has 0 aliphatic carbocycles. The Morgan fingerprint density at radius 3 is 2.48 bits per heavy atom. The number of benzene rings is 1. The third kappa shape index (κ3) is 5.95. The number of carbonyl (C=O) groups excluding carboxylic acids is 2. The Hall–Kier alpha value is -2.09. The second-order valence-corrected chi connectivity index (χ2v) is 8.73. The zero-order valence-electron chi connectivity index (χ0n) is 16.9. The lowest BCUT2D eigenvalue weighted by atomic mass is 10.0. The molecular formula is C22H27FN2O3S. The zero-order chi connectivity index (χ0) is 20.8. The zero-order valence-corrected chi connectivity index (χ0v) is 17.7. The van der Waals surface area contributed by atoms with Crippen molar-refractivity contribution in [1.82, 2.24) is 10.2 Å². The lowest BCUT2D eigenvalue weighted by Gasteiger charge is -2.35. The van der Waals surface area contributed by atoms with Crippen LogP contribution in [0.3, 0.4) is 0 Å². The normalized spacial score (nSPS) is 15.8. The van der Waals surface area contributed by atoms with Crippen molar-refractivity contribution in [2.45, 2.75) is 32.7 Å². The molecule has 1 amide bonds.